The van der Waals surface area contributed by atoms with Crippen molar-refractivity contribution in [2.24, 2.45) is 4.99 Å². The summed E-state index contributed by atoms with van der Waals surface area (Å²) in [4.78, 5) is 6.85. The summed E-state index contributed by atoms with van der Waals surface area (Å²) in [7, 11) is 5.14. The molecule has 1 atom stereocenters. The van der Waals surface area contributed by atoms with Gasteiger partial charge in [-0.05, 0) is 59.2 Å². The fourth-order valence-electron chi connectivity index (χ4n) is 3.24. The number of hydrogen-bond acceptors (Lipinski definition) is 4. The molecule has 0 aromatic heterocycles. The maximum absolute atomic E-state index is 5.49. The number of guanidine groups is 1. The van der Waals surface area contributed by atoms with Crippen LogP contribution in [0.25, 0.3) is 0 Å². The predicted molar refractivity (Wildman–Crippen MR) is 114 cm³/mol. The molecule has 0 radical (unpaired) electrons. The van der Waals surface area contributed by atoms with Gasteiger partial charge < -0.3 is 20.1 Å². The zero-order chi connectivity index (χ0) is 20.4. The van der Waals surface area contributed by atoms with Crippen molar-refractivity contribution in [1.82, 2.24) is 15.5 Å². The molecular weight excluding hydrogens is 340 g/mol. The van der Waals surface area contributed by atoms with Crippen molar-refractivity contribution >= 4 is 5.96 Å². The van der Waals surface area contributed by atoms with Gasteiger partial charge in [-0.1, -0.05) is 0 Å². The van der Waals surface area contributed by atoms with Crippen molar-refractivity contribution in [1.29, 1.82) is 0 Å². The van der Waals surface area contributed by atoms with E-state index < -0.39 is 0 Å². The average molecular weight is 379 g/mol. The van der Waals surface area contributed by atoms with Crippen molar-refractivity contribution in [2.45, 2.75) is 59.2 Å². The van der Waals surface area contributed by atoms with Crippen LogP contribution in [-0.2, 0) is 0 Å². The lowest BCUT2D eigenvalue weighted by Crippen LogP contribution is -2.42. The minimum atomic E-state index is 0.0316. The molecule has 0 amide bonds. The highest BCUT2D eigenvalue weighted by atomic mass is 16.5. The molecule has 1 unspecified atom stereocenters. The topological polar surface area (TPSA) is 58.1 Å². The Kier molecular flexibility index (Phi) is 10.0. The van der Waals surface area contributed by atoms with Crippen LogP contribution in [0.3, 0.4) is 0 Å². The third-order valence-electron chi connectivity index (χ3n) is 4.69. The summed E-state index contributed by atoms with van der Waals surface area (Å²) in [6, 6.07) is 6.97. The molecule has 0 saturated heterocycles. The molecule has 0 aliphatic rings. The molecular formula is C21H38N4O2. The highest BCUT2D eigenvalue weighted by Crippen LogP contribution is 2.29. The first-order chi connectivity index (χ1) is 12.8. The second-order valence-electron chi connectivity index (χ2n) is 7.25. The summed E-state index contributed by atoms with van der Waals surface area (Å²) >= 11 is 0. The molecule has 27 heavy (non-hydrogen) atoms. The number of benzene rings is 1. The molecule has 6 nitrogen and oxygen atoms in total. The van der Waals surface area contributed by atoms with Crippen LogP contribution in [0.2, 0.25) is 0 Å². The fraction of sp³-hybridized carbons (Fsp3) is 0.667. The van der Waals surface area contributed by atoms with Crippen molar-refractivity contribution < 1.29 is 9.47 Å². The quantitative estimate of drug-likeness (QED) is 0.371. The fourth-order valence-corrected chi connectivity index (χ4v) is 3.24. The highest BCUT2D eigenvalue weighted by molar-refractivity contribution is 5.80. The van der Waals surface area contributed by atoms with Crippen LogP contribution in [-0.4, -0.2) is 57.3 Å². The number of methoxy groups -OCH3 is 2. The Labute approximate surface area is 165 Å². The SMILES string of the molecule is CN=C(NCCCN(C(C)C)C(C)C)NC(C)c1cc(OC)ccc1OC. The van der Waals surface area contributed by atoms with Gasteiger partial charge in [0.05, 0.1) is 20.3 Å². The van der Waals surface area contributed by atoms with Crippen LogP contribution >= 0.6 is 0 Å². The van der Waals surface area contributed by atoms with E-state index in [1.54, 1.807) is 21.3 Å². The Morgan fingerprint density at radius 2 is 1.74 bits per heavy atom. The van der Waals surface area contributed by atoms with Crippen molar-refractivity contribution in [3.8, 4) is 11.5 Å². The molecule has 0 aliphatic heterocycles. The number of hydrogen-bond donors (Lipinski definition) is 2. The Bertz CT molecular complexity index is 580. The molecule has 0 heterocycles. The van der Waals surface area contributed by atoms with Crippen molar-refractivity contribution in [3.05, 3.63) is 23.8 Å². The summed E-state index contributed by atoms with van der Waals surface area (Å²) in [6.45, 7) is 13.0. The third-order valence-corrected chi connectivity index (χ3v) is 4.69. The lowest BCUT2D eigenvalue weighted by Gasteiger charge is -2.30. The molecule has 0 saturated carbocycles. The third kappa shape index (κ3) is 7.29. The van der Waals surface area contributed by atoms with E-state index in [0.717, 1.165) is 42.5 Å². The summed E-state index contributed by atoms with van der Waals surface area (Å²) in [5.41, 5.74) is 1.03. The van der Waals surface area contributed by atoms with Crippen molar-refractivity contribution in [3.63, 3.8) is 0 Å². The summed E-state index contributed by atoms with van der Waals surface area (Å²) < 4.78 is 10.8. The highest BCUT2D eigenvalue weighted by Gasteiger charge is 2.15. The van der Waals surface area contributed by atoms with E-state index in [4.69, 9.17) is 9.47 Å². The second kappa shape index (κ2) is 11.7. The Morgan fingerprint density at radius 3 is 2.26 bits per heavy atom. The van der Waals surface area contributed by atoms with Gasteiger partial charge >= 0.3 is 0 Å². The Morgan fingerprint density at radius 1 is 1.07 bits per heavy atom. The Balaban J connectivity index is 2.61. The van der Waals surface area contributed by atoms with Gasteiger partial charge in [0.25, 0.3) is 0 Å². The van der Waals surface area contributed by atoms with Crippen molar-refractivity contribution in [2.75, 3.05) is 34.4 Å². The number of nitrogens with zero attached hydrogens (tertiary/aromatic N) is 2. The van der Waals surface area contributed by atoms with E-state index in [-0.39, 0.29) is 6.04 Å². The van der Waals surface area contributed by atoms with Gasteiger partial charge in [-0.25, -0.2) is 0 Å². The molecule has 1 rings (SSSR count). The molecule has 6 heteroatoms. The average Bonchev–Trinajstić information content (AvgIpc) is 2.65. The van der Waals surface area contributed by atoms with Gasteiger partial charge in [0.15, 0.2) is 5.96 Å². The predicted octanol–water partition coefficient (Wildman–Crippen LogP) is 3.44. The van der Waals surface area contributed by atoms with E-state index in [1.165, 1.54) is 0 Å². The summed E-state index contributed by atoms with van der Waals surface area (Å²) in [5.74, 6) is 2.42. The van der Waals surface area contributed by atoms with Gasteiger partial charge in [-0.15, -0.1) is 0 Å². The van der Waals surface area contributed by atoms with E-state index in [0.29, 0.717) is 12.1 Å². The zero-order valence-corrected chi connectivity index (χ0v) is 18.3. The summed E-state index contributed by atoms with van der Waals surface area (Å²) in [5, 5.41) is 6.84. The molecule has 154 valence electrons. The first kappa shape index (κ1) is 23.1. The number of ether oxygens (including phenoxy) is 2. The maximum Gasteiger partial charge on any atom is 0.191 e. The molecule has 1 aromatic carbocycles. The van der Waals surface area contributed by atoms with Crippen LogP contribution in [0.1, 0.15) is 52.6 Å². The van der Waals surface area contributed by atoms with Crippen LogP contribution in [0.5, 0.6) is 11.5 Å². The molecule has 0 fully saturated rings. The maximum atomic E-state index is 5.49. The standard InChI is InChI=1S/C21H38N4O2/c1-15(2)25(16(3)4)13-9-12-23-21(22-6)24-17(5)19-14-18(26-7)10-11-20(19)27-8/h10-11,14-17H,9,12-13H2,1-8H3,(H2,22,23,24). The largest absolute Gasteiger partial charge is 0.497 e. The molecule has 0 aliphatic carbocycles. The van der Waals surface area contributed by atoms with Gasteiger partial charge in [0.1, 0.15) is 11.5 Å². The lowest BCUT2D eigenvalue weighted by atomic mass is 10.1. The van der Waals surface area contributed by atoms with Crippen LogP contribution in [0, 0.1) is 0 Å². The van der Waals surface area contributed by atoms with Crippen LogP contribution in [0.15, 0.2) is 23.2 Å². The Hall–Kier alpha value is -1.95. The van der Waals surface area contributed by atoms with Crippen LogP contribution < -0.4 is 20.1 Å². The molecule has 1 aromatic rings. The molecule has 2 N–H and O–H groups in total. The van der Waals surface area contributed by atoms with E-state index in [2.05, 4.69) is 55.1 Å². The minimum Gasteiger partial charge on any atom is -0.497 e. The van der Waals surface area contributed by atoms with Gasteiger partial charge in [0, 0.05) is 37.8 Å². The second-order valence-corrected chi connectivity index (χ2v) is 7.25. The summed E-state index contributed by atoms with van der Waals surface area (Å²) in [6.07, 6.45) is 1.06. The minimum absolute atomic E-state index is 0.0316. The van der Waals surface area contributed by atoms with Gasteiger partial charge in [-0.3, -0.25) is 9.89 Å². The first-order valence-electron chi connectivity index (χ1n) is 9.78. The lowest BCUT2D eigenvalue weighted by molar-refractivity contribution is 0.173. The van der Waals surface area contributed by atoms with Gasteiger partial charge in [0.2, 0.25) is 0 Å². The monoisotopic (exact) mass is 378 g/mol. The van der Waals surface area contributed by atoms with Crippen LogP contribution in [0.4, 0.5) is 0 Å². The first-order valence-corrected chi connectivity index (χ1v) is 9.78. The smallest absolute Gasteiger partial charge is 0.191 e. The number of aliphatic imine (C=N–C) groups is 1. The normalized spacial score (nSPS) is 13.2. The number of rotatable bonds is 10. The molecule has 0 spiro atoms. The van der Waals surface area contributed by atoms with E-state index in [9.17, 15) is 0 Å². The molecule has 0 bridgehead atoms. The van der Waals surface area contributed by atoms with E-state index >= 15 is 0 Å². The van der Waals surface area contributed by atoms with Gasteiger partial charge in [-0.2, -0.15) is 0 Å². The van der Waals surface area contributed by atoms with E-state index in [1.807, 2.05) is 18.2 Å². The number of nitrogens with one attached hydrogen (secondary N) is 2. The zero-order valence-electron chi connectivity index (χ0n) is 18.3.